The van der Waals surface area contributed by atoms with Crippen LogP contribution in [-0.2, 0) is 0 Å². The second-order valence-corrected chi connectivity index (χ2v) is 6.96. The number of aliphatic imine (C=N–C) groups is 1. The van der Waals surface area contributed by atoms with Gasteiger partial charge in [0.1, 0.15) is 11.9 Å². The van der Waals surface area contributed by atoms with Crippen LogP contribution in [0.1, 0.15) is 19.4 Å². The number of guanidine groups is 1. The van der Waals surface area contributed by atoms with E-state index in [2.05, 4.69) is 58.0 Å². The molecule has 0 spiro atoms. The number of benzene rings is 1. The van der Waals surface area contributed by atoms with Crippen molar-refractivity contribution in [2.75, 3.05) is 44.2 Å². The van der Waals surface area contributed by atoms with Crippen LogP contribution >= 0.6 is 24.0 Å². The van der Waals surface area contributed by atoms with E-state index >= 15 is 0 Å². The van der Waals surface area contributed by atoms with E-state index in [1.807, 2.05) is 18.2 Å². The molecular formula is C21H31IN6O. The summed E-state index contributed by atoms with van der Waals surface area (Å²) in [7, 11) is 0. The third kappa shape index (κ3) is 7.02. The van der Waals surface area contributed by atoms with Gasteiger partial charge in [0.15, 0.2) is 5.96 Å². The molecule has 1 aliphatic heterocycles. The molecule has 1 aliphatic rings. The molecule has 29 heavy (non-hydrogen) atoms. The van der Waals surface area contributed by atoms with Gasteiger partial charge in [-0.25, -0.2) is 15.0 Å². The lowest BCUT2D eigenvalue weighted by atomic mass is 10.2. The molecular weight excluding hydrogens is 479 g/mol. The maximum atomic E-state index is 5.98. The van der Waals surface area contributed by atoms with Gasteiger partial charge in [-0.1, -0.05) is 17.7 Å². The second kappa shape index (κ2) is 11.8. The number of rotatable bonds is 6. The van der Waals surface area contributed by atoms with E-state index in [-0.39, 0.29) is 30.1 Å². The number of nitrogens with one attached hydrogen (secondary N) is 1. The molecule has 0 bridgehead atoms. The molecule has 1 atom stereocenters. The Kier molecular flexibility index (Phi) is 9.43. The minimum Gasteiger partial charge on any atom is -0.489 e. The van der Waals surface area contributed by atoms with E-state index in [0.717, 1.165) is 50.4 Å². The number of piperazine rings is 1. The van der Waals surface area contributed by atoms with Crippen LogP contribution in [0.2, 0.25) is 0 Å². The smallest absolute Gasteiger partial charge is 0.225 e. The number of ether oxygens (including phenoxy) is 1. The fraction of sp³-hybridized carbons (Fsp3) is 0.476. The van der Waals surface area contributed by atoms with Gasteiger partial charge < -0.3 is 19.9 Å². The highest BCUT2D eigenvalue weighted by atomic mass is 127. The lowest BCUT2D eigenvalue weighted by molar-refractivity contribution is 0.229. The standard InChI is InChI=1S/C21H30N6O.HI/c1-4-22-20(25-16-18(3)28-19-8-6-17(2)7-9-19)26-12-14-27(15-13-26)21-23-10-5-11-24-21;/h5-11,18H,4,12-16H2,1-3H3,(H,22,25);1H. The summed E-state index contributed by atoms with van der Waals surface area (Å²) < 4.78 is 5.98. The first-order valence-corrected chi connectivity index (χ1v) is 9.94. The SMILES string of the molecule is CCNC(=NCC(C)Oc1ccc(C)cc1)N1CCN(c2ncccn2)CC1.I. The zero-order chi connectivity index (χ0) is 19.8. The van der Waals surface area contributed by atoms with Crippen molar-refractivity contribution in [2.45, 2.75) is 26.9 Å². The van der Waals surface area contributed by atoms with E-state index < -0.39 is 0 Å². The van der Waals surface area contributed by atoms with Crippen molar-refractivity contribution in [3.63, 3.8) is 0 Å². The Labute approximate surface area is 190 Å². The van der Waals surface area contributed by atoms with Gasteiger partial charge >= 0.3 is 0 Å². The molecule has 1 fully saturated rings. The maximum absolute atomic E-state index is 5.98. The predicted octanol–water partition coefficient (Wildman–Crippen LogP) is 2.96. The summed E-state index contributed by atoms with van der Waals surface area (Å²) in [5, 5.41) is 3.40. The summed E-state index contributed by atoms with van der Waals surface area (Å²) in [6.45, 7) is 11.2. The van der Waals surface area contributed by atoms with Gasteiger partial charge in [-0.3, -0.25) is 0 Å². The number of nitrogens with zero attached hydrogens (tertiary/aromatic N) is 5. The Hall–Kier alpha value is -2.10. The van der Waals surface area contributed by atoms with Crippen molar-refractivity contribution in [1.82, 2.24) is 20.2 Å². The van der Waals surface area contributed by atoms with E-state index in [1.165, 1.54) is 5.56 Å². The Morgan fingerprint density at radius 1 is 1.14 bits per heavy atom. The summed E-state index contributed by atoms with van der Waals surface area (Å²) in [4.78, 5) is 18.0. The summed E-state index contributed by atoms with van der Waals surface area (Å²) in [5.74, 6) is 2.62. The third-order valence-corrected chi connectivity index (χ3v) is 4.61. The van der Waals surface area contributed by atoms with Gasteiger partial charge in [-0.2, -0.15) is 0 Å². The van der Waals surface area contributed by atoms with Crippen LogP contribution in [0, 0.1) is 6.92 Å². The molecule has 0 saturated carbocycles. The first-order valence-electron chi connectivity index (χ1n) is 9.94. The summed E-state index contributed by atoms with van der Waals surface area (Å²) in [5.41, 5.74) is 1.23. The van der Waals surface area contributed by atoms with Crippen LogP contribution in [0.4, 0.5) is 5.95 Å². The second-order valence-electron chi connectivity index (χ2n) is 6.96. The van der Waals surface area contributed by atoms with Crippen LogP contribution in [-0.4, -0.2) is 66.2 Å². The van der Waals surface area contributed by atoms with Gasteiger partial charge in [0.05, 0.1) is 6.54 Å². The number of halogens is 1. The predicted molar refractivity (Wildman–Crippen MR) is 128 cm³/mol. The molecule has 0 radical (unpaired) electrons. The molecule has 1 unspecified atom stereocenters. The topological polar surface area (TPSA) is 65.9 Å². The number of aromatic nitrogens is 2. The van der Waals surface area contributed by atoms with Crippen LogP contribution in [0.3, 0.4) is 0 Å². The monoisotopic (exact) mass is 510 g/mol. The van der Waals surface area contributed by atoms with E-state index in [9.17, 15) is 0 Å². The number of aryl methyl sites for hydroxylation is 1. The van der Waals surface area contributed by atoms with Crippen LogP contribution in [0.25, 0.3) is 0 Å². The number of hydrogen-bond acceptors (Lipinski definition) is 5. The van der Waals surface area contributed by atoms with Crippen molar-refractivity contribution in [3.05, 3.63) is 48.3 Å². The van der Waals surface area contributed by atoms with Crippen molar-refractivity contribution >= 4 is 35.9 Å². The van der Waals surface area contributed by atoms with Crippen LogP contribution in [0.15, 0.2) is 47.7 Å². The first kappa shape index (κ1) is 23.2. The minimum atomic E-state index is 0. The summed E-state index contributed by atoms with van der Waals surface area (Å²) in [6, 6.07) is 9.98. The van der Waals surface area contributed by atoms with Crippen LogP contribution < -0.4 is 15.0 Å². The molecule has 0 aliphatic carbocycles. The minimum absolute atomic E-state index is 0. The summed E-state index contributed by atoms with van der Waals surface area (Å²) in [6.07, 6.45) is 3.58. The number of hydrogen-bond donors (Lipinski definition) is 1. The van der Waals surface area contributed by atoms with Crippen molar-refractivity contribution in [3.8, 4) is 5.75 Å². The number of anilines is 1. The first-order chi connectivity index (χ1) is 13.7. The zero-order valence-electron chi connectivity index (χ0n) is 17.4. The highest BCUT2D eigenvalue weighted by molar-refractivity contribution is 14.0. The van der Waals surface area contributed by atoms with Crippen molar-refractivity contribution < 1.29 is 4.74 Å². The highest BCUT2D eigenvalue weighted by Gasteiger charge is 2.21. The molecule has 0 amide bonds. The maximum Gasteiger partial charge on any atom is 0.225 e. The van der Waals surface area contributed by atoms with E-state index in [0.29, 0.717) is 6.54 Å². The van der Waals surface area contributed by atoms with Crippen molar-refractivity contribution in [2.24, 2.45) is 4.99 Å². The van der Waals surface area contributed by atoms with Gasteiger partial charge in [-0.15, -0.1) is 24.0 Å². The largest absolute Gasteiger partial charge is 0.489 e. The Morgan fingerprint density at radius 2 is 1.79 bits per heavy atom. The molecule has 158 valence electrons. The Balaban J connectivity index is 0.00000300. The lowest BCUT2D eigenvalue weighted by Crippen LogP contribution is -2.53. The van der Waals surface area contributed by atoms with Gasteiger partial charge in [0, 0.05) is 45.1 Å². The molecule has 7 nitrogen and oxygen atoms in total. The lowest BCUT2D eigenvalue weighted by Gasteiger charge is -2.36. The van der Waals surface area contributed by atoms with Crippen molar-refractivity contribution in [1.29, 1.82) is 0 Å². The van der Waals surface area contributed by atoms with Crippen LogP contribution in [0.5, 0.6) is 5.75 Å². The molecule has 1 aromatic heterocycles. The molecule has 3 rings (SSSR count). The van der Waals surface area contributed by atoms with Gasteiger partial charge in [-0.05, 0) is 39.0 Å². The Bertz CT molecular complexity index is 748. The van der Waals surface area contributed by atoms with E-state index in [1.54, 1.807) is 12.4 Å². The molecule has 2 aromatic rings. The average molecular weight is 510 g/mol. The van der Waals surface area contributed by atoms with E-state index in [4.69, 9.17) is 9.73 Å². The molecule has 1 saturated heterocycles. The highest BCUT2D eigenvalue weighted by Crippen LogP contribution is 2.14. The fourth-order valence-corrected chi connectivity index (χ4v) is 3.10. The van der Waals surface area contributed by atoms with Gasteiger partial charge in [0.2, 0.25) is 5.95 Å². The summed E-state index contributed by atoms with van der Waals surface area (Å²) >= 11 is 0. The quantitative estimate of drug-likeness (QED) is 0.367. The Morgan fingerprint density at radius 3 is 2.41 bits per heavy atom. The fourth-order valence-electron chi connectivity index (χ4n) is 3.10. The van der Waals surface area contributed by atoms with Gasteiger partial charge in [0.25, 0.3) is 0 Å². The third-order valence-electron chi connectivity index (χ3n) is 4.61. The average Bonchev–Trinajstić information content (AvgIpc) is 2.73. The zero-order valence-corrected chi connectivity index (χ0v) is 19.7. The molecule has 8 heteroatoms. The molecule has 1 aromatic carbocycles. The molecule has 2 heterocycles. The molecule has 1 N–H and O–H groups in total. The normalized spacial score (nSPS) is 15.5.